The Kier molecular flexibility index (Phi) is 2.98. The summed E-state index contributed by atoms with van der Waals surface area (Å²) in [4.78, 5) is 4.01. The lowest BCUT2D eigenvalue weighted by Gasteiger charge is -2.23. The summed E-state index contributed by atoms with van der Waals surface area (Å²) in [5.41, 5.74) is -0.271. The lowest BCUT2D eigenvalue weighted by molar-refractivity contribution is 0.122. The number of hydrogen-bond donors (Lipinski definition) is 0. The van der Waals surface area contributed by atoms with Gasteiger partial charge in [0.2, 0.25) is 0 Å². The monoisotopic (exact) mass is 241 g/mol. The second kappa shape index (κ2) is 4.13. The number of rotatable bonds is 3. The zero-order valence-electron chi connectivity index (χ0n) is 9.79. The van der Waals surface area contributed by atoms with Crippen molar-refractivity contribution in [3.63, 3.8) is 0 Å². The predicted octanol–water partition coefficient (Wildman–Crippen LogP) is 3.45. The molecule has 0 aromatic carbocycles. The first kappa shape index (κ1) is 11.5. The van der Waals surface area contributed by atoms with Crippen LogP contribution in [0.4, 0.5) is 0 Å². The quantitative estimate of drug-likeness (QED) is 0.760. The van der Waals surface area contributed by atoms with Gasteiger partial charge in [-0.15, -0.1) is 0 Å². The number of aromatic nitrogens is 1. The molecule has 0 amide bonds. The van der Waals surface area contributed by atoms with Crippen LogP contribution in [0, 0.1) is 0 Å². The summed E-state index contributed by atoms with van der Waals surface area (Å²) in [5, 5.41) is 0.419. The molecule has 0 radical (unpaired) electrons. The van der Waals surface area contributed by atoms with Crippen LogP contribution in [0.15, 0.2) is 12.3 Å². The molecule has 16 heavy (non-hydrogen) atoms. The number of nitrogens with zero attached hydrogens (tertiary/aromatic N) is 1. The molecule has 1 heterocycles. The molecule has 0 N–H and O–H groups in total. The highest BCUT2D eigenvalue weighted by Crippen LogP contribution is 2.35. The summed E-state index contributed by atoms with van der Waals surface area (Å²) in [6, 6.07) is 1.70. The first-order valence-corrected chi connectivity index (χ1v) is 5.83. The standard InChI is InChI=1S/C12H16ClNO2/c1-12(2,3)16-9-6-11(13)14-7-10(9)15-8-4-5-8/h6-8H,4-5H2,1-3H3. The van der Waals surface area contributed by atoms with E-state index >= 15 is 0 Å². The van der Waals surface area contributed by atoms with Gasteiger partial charge in [0, 0.05) is 6.07 Å². The van der Waals surface area contributed by atoms with Crippen molar-refractivity contribution in [3.8, 4) is 11.5 Å². The normalized spacial score (nSPS) is 16.0. The molecule has 0 spiro atoms. The minimum atomic E-state index is -0.271. The van der Waals surface area contributed by atoms with Gasteiger partial charge in [-0.1, -0.05) is 11.6 Å². The molecule has 4 heteroatoms. The van der Waals surface area contributed by atoms with Crippen LogP contribution in [0.3, 0.4) is 0 Å². The van der Waals surface area contributed by atoms with E-state index in [1.807, 2.05) is 20.8 Å². The Morgan fingerprint density at radius 1 is 1.31 bits per heavy atom. The van der Waals surface area contributed by atoms with Gasteiger partial charge >= 0.3 is 0 Å². The third-order valence-corrected chi connectivity index (χ3v) is 2.24. The maximum atomic E-state index is 5.85. The molecule has 0 unspecified atom stereocenters. The summed E-state index contributed by atoms with van der Waals surface area (Å²) in [6.07, 6.45) is 4.17. The molecule has 3 nitrogen and oxygen atoms in total. The number of halogens is 1. The third kappa shape index (κ3) is 3.27. The van der Waals surface area contributed by atoms with Crippen LogP contribution in [-0.2, 0) is 0 Å². The number of pyridine rings is 1. The highest BCUT2D eigenvalue weighted by atomic mass is 35.5. The van der Waals surface area contributed by atoms with Crippen LogP contribution < -0.4 is 9.47 Å². The highest BCUT2D eigenvalue weighted by molar-refractivity contribution is 6.29. The Bertz CT molecular complexity index is 383. The summed E-state index contributed by atoms with van der Waals surface area (Å²) < 4.78 is 11.5. The van der Waals surface area contributed by atoms with Crippen molar-refractivity contribution >= 4 is 11.6 Å². The van der Waals surface area contributed by atoms with Crippen molar-refractivity contribution in [2.75, 3.05) is 0 Å². The minimum Gasteiger partial charge on any atom is -0.485 e. The Balaban J connectivity index is 2.20. The number of ether oxygens (including phenoxy) is 2. The summed E-state index contributed by atoms with van der Waals surface area (Å²) in [7, 11) is 0. The second-order valence-electron chi connectivity index (χ2n) is 4.99. The van der Waals surface area contributed by atoms with Gasteiger partial charge in [-0.2, -0.15) is 0 Å². The van der Waals surface area contributed by atoms with E-state index in [9.17, 15) is 0 Å². The maximum Gasteiger partial charge on any atom is 0.179 e. The van der Waals surface area contributed by atoms with E-state index in [-0.39, 0.29) is 5.60 Å². The van der Waals surface area contributed by atoms with Crippen LogP contribution in [0.5, 0.6) is 11.5 Å². The number of hydrogen-bond acceptors (Lipinski definition) is 3. The van der Waals surface area contributed by atoms with Crippen LogP contribution in [0.25, 0.3) is 0 Å². The van der Waals surface area contributed by atoms with Crippen molar-refractivity contribution in [3.05, 3.63) is 17.4 Å². The van der Waals surface area contributed by atoms with Crippen molar-refractivity contribution in [2.24, 2.45) is 0 Å². The molecule has 0 bridgehead atoms. The minimum absolute atomic E-state index is 0.271. The molecule has 2 rings (SSSR count). The molecular formula is C12H16ClNO2. The highest BCUT2D eigenvalue weighted by Gasteiger charge is 2.26. The summed E-state index contributed by atoms with van der Waals surface area (Å²) in [5.74, 6) is 1.35. The summed E-state index contributed by atoms with van der Waals surface area (Å²) in [6.45, 7) is 5.96. The van der Waals surface area contributed by atoms with E-state index in [0.29, 0.717) is 22.8 Å². The van der Waals surface area contributed by atoms with Crippen LogP contribution in [-0.4, -0.2) is 16.7 Å². The molecule has 1 aliphatic rings. The van der Waals surface area contributed by atoms with E-state index in [2.05, 4.69) is 4.98 Å². The topological polar surface area (TPSA) is 31.4 Å². The molecule has 0 aliphatic heterocycles. The fraction of sp³-hybridized carbons (Fsp3) is 0.583. The predicted molar refractivity (Wildman–Crippen MR) is 63.3 cm³/mol. The van der Waals surface area contributed by atoms with Gasteiger partial charge in [0.15, 0.2) is 11.5 Å². The average molecular weight is 242 g/mol. The molecule has 1 aromatic rings. The zero-order valence-corrected chi connectivity index (χ0v) is 10.5. The van der Waals surface area contributed by atoms with Crippen molar-refractivity contribution < 1.29 is 9.47 Å². The van der Waals surface area contributed by atoms with Gasteiger partial charge < -0.3 is 9.47 Å². The van der Waals surface area contributed by atoms with Gasteiger partial charge in [0.05, 0.1) is 12.3 Å². The third-order valence-electron chi connectivity index (χ3n) is 2.03. The molecule has 1 aromatic heterocycles. The lowest BCUT2D eigenvalue weighted by atomic mass is 10.2. The Morgan fingerprint density at radius 3 is 2.56 bits per heavy atom. The zero-order chi connectivity index (χ0) is 11.8. The van der Waals surface area contributed by atoms with E-state index < -0.39 is 0 Å². The van der Waals surface area contributed by atoms with E-state index in [0.717, 1.165) is 12.8 Å². The van der Waals surface area contributed by atoms with E-state index in [1.54, 1.807) is 12.3 Å². The Morgan fingerprint density at radius 2 is 2.00 bits per heavy atom. The lowest BCUT2D eigenvalue weighted by Crippen LogP contribution is -2.23. The molecule has 88 valence electrons. The first-order valence-electron chi connectivity index (χ1n) is 5.45. The van der Waals surface area contributed by atoms with E-state index in [1.165, 1.54) is 0 Å². The van der Waals surface area contributed by atoms with Crippen LogP contribution in [0.1, 0.15) is 33.6 Å². The van der Waals surface area contributed by atoms with Gasteiger partial charge in [-0.25, -0.2) is 4.98 Å². The van der Waals surface area contributed by atoms with Gasteiger partial charge in [0.1, 0.15) is 10.8 Å². The van der Waals surface area contributed by atoms with Crippen LogP contribution >= 0.6 is 11.6 Å². The van der Waals surface area contributed by atoms with Crippen molar-refractivity contribution in [1.29, 1.82) is 0 Å². The van der Waals surface area contributed by atoms with Gasteiger partial charge in [-0.3, -0.25) is 0 Å². The molecular weight excluding hydrogens is 226 g/mol. The largest absolute Gasteiger partial charge is 0.485 e. The smallest absolute Gasteiger partial charge is 0.179 e. The van der Waals surface area contributed by atoms with Gasteiger partial charge in [0.25, 0.3) is 0 Å². The Labute approximate surface area is 101 Å². The maximum absolute atomic E-state index is 5.85. The average Bonchev–Trinajstić information content (AvgIpc) is 2.91. The fourth-order valence-corrected chi connectivity index (χ4v) is 1.41. The van der Waals surface area contributed by atoms with E-state index in [4.69, 9.17) is 21.1 Å². The van der Waals surface area contributed by atoms with Crippen molar-refractivity contribution in [2.45, 2.75) is 45.3 Å². The first-order chi connectivity index (χ1) is 7.44. The fourth-order valence-electron chi connectivity index (χ4n) is 1.26. The SMILES string of the molecule is CC(C)(C)Oc1cc(Cl)ncc1OC1CC1. The molecule has 0 saturated heterocycles. The Hall–Kier alpha value is -0.960. The molecule has 1 saturated carbocycles. The molecule has 1 fully saturated rings. The molecule has 0 atom stereocenters. The van der Waals surface area contributed by atoms with Crippen LogP contribution in [0.2, 0.25) is 5.15 Å². The van der Waals surface area contributed by atoms with Crippen molar-refractivity contribution in [1.82, 2.24) is 4.98 Å². The molecule has 1 aliphatic carbocycles. The summed E-state index contributed by atoms with van der Waals surface area (Å²) >= 11 is 5.85. The van der Waals surface area contributed by atoms with Gasteiger partial charge in [-0.05, 0) is 33.6 Å². The second-order valence-corrected chi connectivity index (χ2v) is 5.37.